The number of hydrogen-bond acceptors (Lipinski definition) is 5. The molecule has 1 aromatic heterocycles. The van der Waals surface area contributed by atoms with Gasteiger partial charge in [0.2, 0.25) is 0 Å². The van der Waals surface area contributed by atoms with Crippen LogP contribution in [-0.2, 0) is 9.53 Å². The van der Waals surface area contributed by atoms with Gasteiger partial charge in [-0.1, -0.05) is 45.0 Å². The normalized spacial score (nSPS) is 12.1. The van der Waals surface area contributed by atoms with Gasteiger partial charge in [0.05, 0.1) is 19.1 Å². The molecule has 0 saturated carbocycles. The Kier molecular flexibility index (Phi) is 6.84. The van der Waals surface area contributed by atoms with E-state index in [9.17, 15) is 4.79 Å². The summed E-state index contributed by atoms with van der Waals surface area (Å²) in [7, 11) is 1.37. The third-order valence-corrected chi connectivity index (χ3v) is 5.43. The standard InChI is InChI=1S/C26H31NO4/c1-8-30-26-20(16(4)5)13-19(15(2)3)14-22(26)25-21-12-18(9-10-23(21)31-27-25)17(6)11-24(28)29-7/h9-16H,8H2,1-7H3/b17-11-. The highest BCUT2D eigenvalue weighted by Gasteiger charge is 2.22. The quantitative estimate of drug-likeness (QED) is 0.313. The van der Waals surface area contributed by atoms with Gasteiger partial charge in [0.1, 0.15) is 11.4 Å². The summed E-state index contributed by atoms with van der Waals surface area (Å²) in [5, 5.41) is 5.30. The molecule has 0 aliphatic carbocycles. The lowest BCUT2D eigenvalue weighted by molar-refractivity contribution is -0.134. The van der Waals surface area contributed by atoms with Gasteiger partial charge < -0.3 is 14.0 Å². The average molecular weight is 422 g/mol. The maximum atomic E-state index is 11.7. The predicted molar refractivity (Wildman–Crippen MR) is 124 cm³/mol. The zero-order valence-corrected chi connectivity index (χ0v) is 19.4. The number of fused-ring (bicyclic) bond motifs is 1. The number of allylic oxidation sites excluding steroid dienone is 1. The molecule has 1 heterocycles. The molecule has 164 valence electrons. The van der Waals surface area contributed by atoms with Crippen LogP contribution in [0.1, 0.15) is 70.1 Å². The SMILES string of the molecule is CCOc1c(-c2noc3ccc(/C(C)=C\C(=O)OC)cc23)cc(C(C)C)cc1C(C)C. The van der Waals surface area contributed by atoms with E-state index in [4.69, 9.17) is 14.0 Å². The van der Waals surface area contributed by atoms with E-state index in [-0.39, 0.29) is 5.97 Å². The van der Waals surface area contributed by atoms with Crippen LogP contribution in [-0.4, -0.2) is 24.8 Å². The Morgan fingerprint density at radius 1 is 1.13 bits per heavy atom. The minimum atomic E-state index is -0.381. The van der Waals surface area contributed by atoms with E-state index < -0.39 is 0 Å². The fraction of sp³-hybridized carbons (Fsp3) is 0.385. The van der Waals surface area contributed by atoms with Crippen molar-refractivity contribution in [3.05, 3.63) is 53.1 Å². The fourth-order valence-electron chi connectivity index (χ4n) is 3.62. The van der Waals surface area contributed by atoms with Crippen LogP contribution < -0.4 is 4.74 Å². The largest absolute Gasteiger partial charge is 0.493 e. The van der Waals surface area contributed by atoms with Crippen molar-refractivity contribution in [3.8, 4) is 17.0 Å². The average Bonchev–Trinajstić information content (AvgIpc) is 3.16. The van der Waals surface area contributed by atoms with Gasteiger partial charge >= 0.3 is 5.97 Å². The minimum absolute atomic E-state index is 0.304. The molecule has 0 aliphatic rings. The van der Waals surface area contributed by atoms with Crippen molar-refractivity contribution in [1.29, 1.82) is 0 Å². The highest BCUT2D eigenvalue weighted by Crippen LogP contribution is 2.42. The summed E-state index contributed by atoms with van der Waals surface area (Å²) in [6.45, 7) is 13.2. The number of methoxy groups -OCH3 is 1. The second-order valence-electron chi connectivity index (χ2n) is 8.32. The number of rotatable bonds is 7. The van der Waals surface area contributed by atoms with Crippen LogP contribution in [0.3, 0.4) is 0 Å². The molecule has 0 spiro atoms. The number of carbonyl (C=O) groups is 1. The second kappa shape index (κ2) is 9.38. The molecule has 0 saturated heterocycles. The first-order valence-electron chi connectivity index (χ1n) is 10.7. The van der Waals surface area contributed by atoms with Crippen LogP contribution in [0.5, 0.6) is 5.75 Å². The van der Waals surface area contributed by atoms with E-state index in [0.717, 1.165) is 39.1 Å². The molecule has 0 amide bonds. The monoisotopic (exact) mass is 421 g/mol. The lowest BCUT2D eigenvalue weighted by Gasteiger charge is -2.20. The molecule has 3 rings (SSSR count). The third-order valence-electron chi connectivity index (χ3n) is 5.43. The van der Waals surface area contributed by atoms with Gasteiger partial charge in [-0.15, -0.1) is 0 Å². The molecule has 2 aromatic carbocycles. The predicted octanol–water partition coefficient (Wildman–Crippen LogP) is 6.72. The number of benzene rings is 2. The van der Waals surface area contributed by atoms with Crippen LogP contribution in [0.25, 0.3) is 27.8 Å². The van der Waals surface area contributed by atoms with E-state index in [1.165, 1.54) is 18.7 Å². The van der Waals surface area contributed by atoms with Crippen LogP contribution in [0.4, 0.5) is 0 Å². The van der Waals surface area contributed by atoms with E-state index in [0.29, 0.717) is 24.0 Å². The Labute approximate surface area is 184 Å². The summed E-state index contributed by atoms with van der Waals surface area (Å²) in [5.41, 5.74) is 6.48. The van der Waals surface area contributed by atoms with E-state index >= 15 is 0 Å². The third kappa shape index (κ3) is 4.66. The summed E-state index contributed by atoms with van der Waals surface area (Å²) >= 11 is 0. The van der Waals surface area contributed by atoms with Crippen molar-refractivity contribution in [1.82, 2.24) is 5.16 Å². The summed E-state index contributed by atoms with van der Waals surface area (Å²) in [6, 6.07) is 10.2. The maximum absolute atomic E-state index is 11.7. The van der Waals surface area contributed by atoms with Crippen LogP contribution >= 0.6 is 0 Å². The molecule has 0 radical (unpaired) electrons. The zero-order chi connectivity index (χ0) is 22.7. The lowest BCUT2D eigenvalue weighted by atomic mass is 9.90. The van der Waals surface area contributed by atoms with Gasteiger partial charge in [-0.25, -0.2) is 4.79 Å². The Morgan fingerprint density at radius 2 is 1.87 bits per heavy atom. The summed E-state index contributed by atoms with van der Waals surface area (Å²) < 4.78 is 16.5. The number of carbonyl (C=O) groups excluding carboxylic acids is 1. The number of aromatic nitrogens is 1. The van der Waals surface area contributed by atoms with Crippen molar-refractivity contribution in [2.45, 2.75) is 53.4 Å². The molecule has 0 N–H and O–H groups in total. The maximum Gasteiger partial charge on any atom is 0.330 e. The van der Waals surface area contributed by atoms with Crippen molar-refractivity contribution in [2.75, 3.05) is 13.7 Å². The molecular formula is C26H31NO4. The Balaban J connectivity index is 2.26. The highest BCUT2D eigenvalue weighted by atomic mass is 16.5. The molecule has 0 unspecified atom stereocenters. The molecular weight excluding hydrogens is 390 g/mol. The van der Waals surface area contributed by atoms with E-state index in [1.807, 2.05) is 32.0 Å². The first-order valence-corrected chi connectivity index (χ1v) is 10.7. The van der Waals surface area contributed by atoms with Gasteiger partial charge in [-0.3, -0.25) is 0 Å². The van der Waals surface area contributed by atoms with Crippen LogP contribution in [0.15, 0.2) is 40.9 Å². The number of nitrogens with zero attached hydrogens (tertiary/aromatic N) is 1. The van der Waals surface area contributed by atoms with Gasteiger partial charge in [0.15, 0.2) is 5.58 Å². The highest BCUT2D eigenvalue weighted by molar-refractivity contribution is 5.97. The molecule has 0 aliphatic heterocycles. The van der Waals surface area contributed by atoms with Gasteiger partial charge in [-0.05, 0) is 66.1 Å². The van der Waals surface area contributed by atoms with E-state index in [1.54, 1.807) is 0 Å². The smallest absolute Gasteiger partial charge is 0.330 e. The van der Waals surface area contributed by atoms with Gasteiger partial charge in [0.25, 0.3) is 0 Å². The van der Waals surface area contributed by atoms with Crippen molar-refractivity contribution in [3.63, 3.8) is 0 Å². The second-order valence-corrected chi connectivity index (χ2v) is 8.32. The van der Waals surface area contributed by atoms with Crippen molar-refractivity contribution in [2.24, 2.45) is 0 Å². The fourth-order valence-corrected chi connectivity index (χ4v) is 3.62. The van der Waals surface area contributed by atoms with Crippen LogP contribution in [0, 0.1) is 0 Å². The van der Waals surface area contributed by atoms with Gasteiger partial charge in [-0.2, -0.15) is 0 Å². The lowest BCUT2D eigenvalue weighted by Crippen LogP contribution is -2.03. The van der Waals surface area contributed by atoms with Crippen LogP contribution in [0.2, 0.25) is 0 Å². The number of hydrogen-bond donors (Lipinski definition) is 0. The van der Waals surface area contributed by atoms with Gasteiger partial charge in [0, 0.05) is 11.6 Å². The molecule has 5 nitrogen and oxygen atoms in total. The van der Waals surface area contributed by atoms with E-state index in [2.05, 4.69) is 45.0 Å². The molecule has 5 heteroatoms. The van der Waals surface area contributed by atoms with Crippen molar-refractivity contribution >= 4 is 22.5 Å². The summed E-state index contributed by atoms with van der Waals surface area (Å²) in [5.74, 6) is 1.14. The molecule has 0 fully saturated rings. The number of ether oxygens (including phenoxy) is 2. The molecule has 3 aromatic rings. The Bertz CT molecular complexity index is 1120. The molecule has 0 bridgehead atoms. The first kappa shape index (κ1) is 22.6. The Hall–Kier alpha value is -3.08. The Morgan fingerprint density at radius 3 is 2.48 bits per heavy atom. The molecule has 31 heavy (non-hydrogen) atoms. The summed E-state index contributed by atoms with van der Waals surface area (Å²) in [6.07, 6.45) is 1.48. The molecule has 0 atom stereocenters. The topological polar surface area (TPSA) is 61.6 Å². The van der Waals surface area contributed by atoms with Crippen molar-refractivity contribution < 1.29 is 18.8 Å². The summed E-state index contributed by atoms with van der Waals surface area (Å²) in [4.78, 5) is 11.7. The number of esters is 1. The minimum Gasteiger partial charge on any atom is -0.493 e. The zero-order valence-electron chi connectivity index (χ0n) is 19.4. The first-order chi connectivity index (χ1) is 14.8.